The summed E-state index contributed by atoms with van der Waals surface area (Å²) in [7, 11) is 0. The fourth-order valence-electron chi connectivity index (χ4n) is 1.69. The van der Waals surface area contributed by atoms with Crippen LogP contribution in [0.1, 0.15) is 31.1 Å². The van der Waals surface area contributed by atoms with Crippen molar-refractivity contribution < 1.29 is 19.4 Å². The van der Waals surface area contributed by atoms with Gasteiger partial charge in [0.25, 0.3) is 0 Å². The van der Waals surface area contributed by atoms with Crippen LogP contribution in [0.4, 0.5) is 9.80 Å². The number of esters is 1. The Labute approximate surface area is 130 Å². The van der Waals surface area contributed by atoms with E-state index in [9.17, 15) is 9.59 Å². The van der Waals surface area contributed by atoms with Gasteiger partial charge in [-0.25, -0.2) is 9.59 Å². The Morgan fingerprint density at radius 3 is 2.52 bits per heavy atom. The fraction of sp³-hybridized carbons (Fsp3) is 0.286. The van der Waals surface area contributed by atoms with Crippen molar-refractivity contribution in [2.45, 2.75) is 26.4 Å². The van der Waals surface area contributed by atoms with Crippen molar-refractivity contribution in [3.05, 3.63) is 28.5 Å². The van der Waals surface area contributed by atoms with Gasteiger partial charge in [0.15, 0.2) is 0 Å². The molecule has 0 aliphatic rings. The topological polar surface area (TPSA) is 75.6 Å². The van der Waals surface area contributed by atoms with Gasteiger partial charge in [0, 0.05) is 15.8 Å². The maximum Gasteiger partial charge on any atom is 0.409 e. The summed E-state index contributed by atoms with van der Waals surface area (Å²) >= 11 is 2.65. The molecule has 0 atom stereocenters. The highest BCUT2D eigenvalue weighted by atomic mass is 32.1. The van der Waals surface area contributed by atoms with Crippen molar-refractivity contribution in [1.29, 1.82) is 0 Å². The fourth-order valence-corrected chi connectivity index (χ4v) is 3.45. The maximum absolute atomic E-state index is 12.4. The SMILES string of the molecule is CC(C)(C)OC(=O)c1c(-c2cccs2)csc1NC(=O)O. The second-order valence-electron chi connectivity index (χ2n) is 5.26. The molecule has 112 valence electrons. The lowest BCUT2D eigenvalue weighted by Gasteiger charge is -2.20. The molecule has 0 saturated heterocycles. The van der Waals surface area contributed by atoms with Crippen LogP contribution in [-0.4, -0.2) is 22.8 Å². The molecule has 2 aromatic heterocycles. The van der Waals surface area contributed by atoms with Crippen molar-refractivity contribution in [2.24, 2.45) is 0 Å². The Hall–Kier alpha value is -1.86. The van der Waals surface area contributed by atoms with E-state index in [4.69, 9.17) is 9.84 Å². The molecule has 0 aliphatic carbocycles. The molecule has 0 aliphatic heterocycles. The lowest BCUT2D eigenvalue weighted by molar-refractivity contribution is 0.00722. The van der Waals surface area contributed by atoms with E-state index in [0.717, 1.165) is 4.88 Å². The van der Waals surface area contributed by atoms with Crippen molar-refractivity contribution in [3.63, 3.8) is 0 Å². The van der Waals surface area contributed by atoms with Crippen LogP contribution in [0, 0.1) is 0 Å². The second kappa shape index (κ2) is 5.87. The summed E-state index contributed by atoms with van der Waals surface area (Å²) in [5.41, 5.74) is 0.305. The highest BCUT2D eigenvalue weighted by molar-refractivity contribution is 7.17. The van der Waals surface area contributed by atoms with E-state index in [0.29, 0.717) is 5.56 Å². The summed E-state index contributed by atoms with van der Waals surface area (Å²) in [5.74, 6) is -0.532. The number of amides is 1. The van der Waals surface area contributed by atoms with Crippen LogP contribution in [0.3, 0.4) is 0 Å². The molecule has 2 rings (SSSR count). The van der Waals surface area contributed by atoms with Crippen LogP contribution in [0.2, 0.25) is 0 Å². The van der Waals surface area contributed by atoms with Gasteiger partial charge in [0.1, 0.15) is 16.2 Å². The Morgan fingerprint density at radius 1 is 1.29 bits per heavy atom. The van der Waals surface area contributed by atoms with Crippen molar-refractivity contribution in [1.82, 2.24) is 0 Å². The number of carbonyl (C=O) groups is 2. The number of thiophene rings is 2. The number of anilines is 1. The third kappa shape index (κ3) is 3.83. The molecule has 0 radical (unpaired) electrons. The molecule has 0 fully saturated rings. The molecule has 0 bridgehead atoms. The van der Waals surface area contributed by atoms with E-state index in [1.54, 1.807) is 26.2 Å². The minimum absolute atomic E-state index is 0.264. The summed E-state index contributed by atoms with van der Waals surface area (Å²) in [6.07, 6.45) is -1.21. The smallest absolute Gasteiger partial charge is 0.409 e. The van der Waals surface area contributed by atoms with Gasteiger partial charge >= 0.3 is 12.1 Å². The molecule has 0 aromatic carbocycles. The van der Waals surface area contributed by atoms with Crippen LogP contribution >= 0.6 is 22.7 Å². The molecule has 0 spiro atoms. The molecule has 2 aromatic rings. The lowest BCUT2D eigenvalue weighted by Crippen LogP contribution is -2.24. The van der Waals surface area contributed by atoms with Crippen molar-refractivity contribution in [3.8, 4) is 10.4 Å². The Kier molecular flexibility index (Phi) is 4.34. The molecule has 2 N–H and O–H groups in total. The average molecular weight is 325 g/mol. The highest BCUT2D eigenvalue weighted by Crippen LogP contribution is 2.38. The van der Waals surface area contributed by atoms with Gasteiger partial charge in [-0.05, 0) is 32.2 Å². The first-order valence-corrected chi connectivity index (χ1v) is 7.92. The summed E-state index contributed by atoms with van der Waals surface area (Å²) in [4.78, 5) is 24.2. The van der Waals surface area contributed by atoms with E-state index >= 15 is 0 Å². The number of carbonyl (C=O) groups excluding carboxylic acids is 1. The van der Waals surface area contributed by atoms with E-state index in [1.165, 1.54) is 22.7 Å². The van der Waals surface area contributed by atoms with E-state index < -0.39 is 17.7 Å². The molecule has 0 saturated carbocycles. The Balaban J connectivity index is 2.46. The zero-order valence-electron chi connectivity index (χ0n) is 11.8. The first-order chi connectivity index (χ1) is 9.78. The summed E-state index contributed by atoms with van der Waals surface area (Å²) in [6, 6.07) is 3.76. The van der Waals surface area contributed by atoms with Crippen LogP contribution in [0.5, 0.6) is 0 Å². The number of nitrogens with one attached hydrogen (secondary N) is 1. The van der Waals surface area contributed by atoms with Gasteiger partial charge in [-0.1, -0.05) is 6.07 Å². The standard InChI is InChI=1S/C14H15NO4S2/c1-14(2,3)19-12(16)10-8(9-5-4-6-20-9)7-21-11(10)15-13(17)18/h4-7,15H,1-3H3,(H,17,18). The number of hydrogen-bond donors (Lipinski definition) is 2. The first-order valence-electron chi connectivity index (χ1n) is 6.16. The van der Waals surface area contributed by atoms with Gasteiger partial charge in [0.05, 0.1) is 0 Å². The normalized spacial score (nSPS) is 11.2. The maximum atomic E-state index is 12.4. The minimum atomic E-state index is -1.21. The third-order valence-electron chi connectivity index (χ3n) is 2.40. The van der Waals surface area contributed by atoms with Gasteiger partial charge in [-0.3, -0.25) is 5.32 Å². The van der Waals surface area contributed by atoms with Crippen LogP contribution in [0.25, 0.3) is 10.4 Å². The average Bonchev–Trinajstić information content (AvgIpc) is 2.92. The Bertz CT molecular complexity index is 653. The molecule has 7 heteroatoms. The van der Waals surface area contributed by atoms with E-state index in [-0.39, 0.29) is 10.6 Å². The van der Waals surface area contributed by atoms with Gasteiger partial charge in [0.2, 0.25) is 0 Å². The molecular formula is C14H15NO4S2. The van der Waals surface area contributed by atoms with Crippen LogP contribution in [0.15, 0.2) is 22.9 Å². The highest BCUT2D eigenvalue weighted by Gasteiger charge is 2.26. The summed E-state index contributed by atoms with van der Waals surface area (Å²) in [5, 5.41) is 15.1. The van der Waals surface area contributed by atoms with E-state index in [1.807, 2.05) is 17.5 Å². The van der Waals surface area contributed by atoms with Gasteiger partial charge in [-0.15, -0.1) is 22.7 Å². The van der Waals surface area contributed by atoms with Crippen LogP contribution < -0.4 is 5.32 Å². The summed E-state index contributed by atoms with van der Waals surface area (Å²) in [6.45, 7) is 5.31. The first kappa shape index (κ1) is 15.5. The lowest BCUT2D eigenvalue weighted by atomic mass is 10.1. The monoisotopic (exact) mass is 325 g/mol. The quantitative estimate of drug-likeness (QED) is 0.813. The third-order valence-corrected chi connectivity index (χ3v) is 4.20. The van der Waals surface area contributed by atoms with Crippen molar-refractivity contribution in [2.75, 3.05) is 5.32 Å². The molecular weight excluding hydrogens is 310 g/mol. The molecule has 5 nitrogen and oxygen atoms in total. The zero-order chi connectivity index (χ0) is 15.6. The molecule has 1 amide bonds. The molecule has 2 heterocycles. The predicted octanol–water partition coefficient (Wildman–Crippen LogP) is 4.52. The Morgan fingerprint density at radius 2 is 2.00 bits per heavy atom. The minimum Gasteiger partial charge on any atom is -0.465 e. The number of carboxylic acid groups (broad SMARTS) is 1. The number of rotatable bonds is 3. The number of hydrogen-bond acceptors (Lipinski definition) is 5. The summed E-state index contributed by atoms with van der Waals surface area (Å²) < 4.78 is 5.38. The largest absolute Gasteiger partial charge is 0.465 e. The van der Waals surface area contributed by atoms with E-state index in [2.05, 4.69) is 5.32 Å². The molecule has 0 unspecified atom stereocenters. The predicted molar refractivity (Wildman–Crippen MR) is 84.4 cm³/mol. The van der Waals surface area contributed by atoms with Gasteiger partial charge < -0.3 is 9.84 Å². The second-order valence-corrected chi connectivity index (χ2v) is 7.09. The van der Waals surface area contributed by atoms with Crippen LogP contribution in [-0.2, 0) is 4.74 Å². The van der Waals surface area contributed by atoms with Crippen molar-refractivity contribution >= 4 is 39.7 Å². The molecule has 21 heavy (non-hydrogen) atoms. The van der Waals surface area contributed by atoms with Gasteiger partial charge in [-0.2, -0.15) is 0 Å². The number of ether oxygens (including phenoxy) is 1. The zero-order valence-corrected chi connectivity index (χ0v) is 13.4.